The summed E-state index contributed by atoms with van der Waals surface area (Å²) < 4.78 is 10.4. The molecular formula is C19H30N2O5. The molecule has 2 saturated heterocycles. The van der Waals surface area contributed by atoms with Crippen LogP contribution in [0.3, 0.4) is 0 Å². The Balaban J connectivity index is 1.97. The Bertz CT molecular complexity index is 555. The summed E-state index contributed by atoms with van der Waals surface area (Å²) in [5.41, 5.74) is -0.641. The number of morpholine rings is 1. The van der Waals surface area contributed by atoms with Crippen LogP contribution in [0.5, 0.6) is 0 Å². The van der Waals surface area contributed by atoms with Gasteiger partial charge in [-0.15, -0.1) is 6.58 Å². The van der Waals surface area contributed by atoms with Crippen molar-refractivity contribution in [1.82, 2.24) is 10.2 Å². The zero-order valence-electron chi connectivity index (χ0n) is 16.0. The second kappa shape index (κ2) is 8.56. The van der Waals surface area contributed by atoms with Crippen molar-refractivity contribution in [3.05, 3.63) is 12.7 Å². The lowest BCUT2D eigenvalue weighted by molar-refractivity contribution is -0.157. The predicted octanol–water partition coefficient (Wildman–Crippen LogP) is 2.54. The fraction of sp³-hybridized carbons (Fsp3) is 0.737. The minimum atomic E-state index is -0.694. The molecule has 7 nitrogen and oxygen atoms in total. The van der Waals surface area contributed by atoms with Crippen LogP contribution in [0.1, 0.15) is 59.3 Å². The number of nitrogens with zero attached hydrogens (tertiary/aromatic N) is 1. The molecule has 2 heterocycles. The average Bonchev–Trinajstić information content (AvgIpc) is 3.10. The lowest BCUT2D eigenvalue weighted by Gasteiger charge is -2.30. The largest absolute Gasteiger partial charge is 0.459 e. The number of rotatable bonds is 8. The first kappa shape index (κ1) is 20.3. The van der Waals surface area contributed by atoms with Gasteiger partial charge in [0.15, 0.2) is 0 Å². The molecule has 0 aromatic rings. The Morgan fingerprint density at radius 2 is 2.12 bits per heavy atom. The summed E-state index contributed by atoms with van der Waals surface area (Å²) in [6, 6.07) is -1.21. The molecule has 1 unspecified atom stereocenters. The highest BCUT2D eigenvalue weighted by Gasteiger charge is 2.49. The molecule has 2 fully saturated rings. The van der Waals surface area contributed by atoms with Crippen molar-refractivity contribution in [3.63, 3.8) is 0 Å². The Morgan fingerprint density at radius 3 is 2.69 bits per heavy atom. The molecule has 1 N–H and O–H groups in total. The molecule has 0 saturated carbocycles. The van der Waals surface area contributed by atoms with Crippen LogP contribution in [0.4, 0.5) is 4.79 Å². The summed E-state index contributed by atoms with van der Waals surface area (Å²) in [5, 5.41) is 2.69. The predicted molar refractivity (Wildman–Crippen MR) is 96.4 cm³/mol. The fourth-order valence-electron chi connectivity index (χ4n) is 3.31. The van der Waals surface area contributed by atoms with Gasteiger partial charge >= 0.3 is 12.1 Å². The Kier molecular flexibility index (Phi) is 6.67. The maximum absolute atomic E-state index is 12.9. The van der Waals surface area contributed by atoms with Gasteiger partial charge in [0.25, 0.3) is 0 Å². The molecular weight excluding hydrogens is 336 g/mol. The molecule has 26 heavy (non-hydrogen) atoms. The number of amides is 2. The topological polar surface area (TPSA) is 84.9 Å². The smallest absolute Gasteiger partial charge is 0.408 e. The van der Waals surface area contributed by atoms with Crippen LogP contribution in [0.15, 0.2) is 12.7 Å². The normalized spacial score (nSPS) is 22.7. The monoisotopic (exact) mass is 366 g/mol. The highest BCUT2D eigenvalue weighted by atomic mass is 16.6. The van der Waals surface area contributed by atoms with Crippen molar-refractivity contribution in [2.45, 2.75) is 83.1 Å². The summed E-state index contributed by atoms with van der Waals surface area (Å²) >= 11 is 0. The number of hydrogen-bond donors (Lipinski definition) is 1. The molecule has 0 radical (unpaired) electrons. The molecule has 2 amide bonds. The molecule has 0 spiro atoms. The van der Waals surface area contributed by atoms with Crippen LogP contribution >= 0.6 is 0 Å². The van der Waals surface area contributed by atoms with Gasteiger partial charge in [-0.3, -0.25) is 4.79 Å². The number of carbonyl (C=O) groups is 3. The van der Waals surface area contributed by atoms with E-state index in [0.29, 0.717) is 19.4 Å². The summed E-state index contributed by atoms with van der Waals surface area (Å²) in [6.45, 7) is 9.42. The van der Waals surface area contributed by atoms with Gasteiger partial charge in [0.05, 0.1) is 6.54 Å². The Morgan fingerprint density at radius 1 is 1.38 bits per heavy atom. The number of alkyl carbamates (subject to hydrolysis) is 1. The summed E-state index contributed by atoms with van der Waals surface area (Å²) in [7, 11) is 0. The Hall–Kier alpha value is -2.05. The molecule has 0 aromatic carbocycles. The standard InChI is InChI=1S/C19H30N2O5/c1-5-6-7-8-9-10-14(20-18(24)26-19(2,3)4)16(22)21-12-13-11-15(21)17(23)25-13/h5,13-15H,1,6-12H2,2-4H3,(H,20,24)/t13-,14-,15?/m0/s1. The van der Waals surface area contributed by atoms with Gasteiger partial charge < -0.3 is 19.7 Å². The van der Waals surface area contributed by atoms with Gasteiger partial charge in [-0.1, -0.05) is 18.9 Å². The van der Waals surface area contributed by atoms with Crippen molar-refractivity contribution < 1.29 is 23.9 Å². The fourth-order valence-corrected chi connectivity index (χ4v) is 3.31. The highest BCUT2D eigenvalue weighted by molar-refractivity contribution is 5.91. The average molecular weight is 366 g/mol. The van der Waals surface area contributed by atoms with Gasteiger partial charge in [-0.05, 0) is 40.0 Å². The van der Waals surface area contributed by atoms with E-state index in [1.807, 2.05) is 6.08 Å². The number of hydrogen-bond acceptors (Lipinski definition) is 5. The van der Waals surface area contributed by atoms with Crippen LogP contribution in [-0.2, 0) is 19.1 Å². The van der Waals surface area contributed by atoms with Crippen molar-refractivity contribution >= 4 is 18.0 Å². The van der Waals surface area contributed by atoms with Crippen molar-refractivity contribution in [3.8, 4) is 0 Å². The van der Waals surface area contributed by atoms with Crippen LogP contribution in [0.2, 0.25) is 0 Å². The van der Waals surface area contributed by atoms with Crippen LogP contribution in [0, 0.1) is 0 Å². The quantitative estimate of drug-likeness (QED) is 0.405. The molecule has 2 aliphatic rings. The van der Waals surface area contributed by atoms with E-state index >= 15 is 0 Å². The first-order valence-corrected chi connectivity index (χ1v) is 9.32. The summed E-state index contributed by atoms with van der Waals surface area (Å²) in [6.07, 6.45) is 5.76. The third-order valence-corrected chi connectivity index (χ3v) is 4.49. The number of allylic oxidation sites excluding steroid dienone is 1. The molecule has 2 rings (SSSR count). The number of carbonyl (C=O) groups excluding carboxylic acids is 3. The SMILES string of the molecule is C=CCCCCC[C@H](NC(=O)OC(C)(C)C)C(=O)N1C[C@@H]2CC1C(=O)O2. The Labute approximate surface area is 155 Å². The third kappa shape index (κ3) is 5.47. The second-order valence-corrected chi connectivity index (χ2v) is 7.93. The third-order valence-electron chi connectivity index (χ3n) is 4.49. The van der Waals surface area contributed by atoms with Crippen LogP contribution in [0.25, 0.3) is 0 Å². The minimum absolute atomic E-state index is 0.216. The van der Waals surface area contributed by atoms with E-state index in [-0.39, 0.29) is 18.0 Å². The van der Waals surface area contributed by atoms with Gasteiger partial charge in [0.1, 0.15) is 23.8 Å². The van der Waals surface area contributed by atoms with E-state index in [1.54, 1.807) is 25.7 Å². The first-order chi connectivity index (χ1) is 12.2. The molecule has 2 aliphatic heterocycles. The second-order valence-electron chi connectivity index (χ2n) is 7.93. The zero-order valence-corrected chi connectivity index (χ0v) is 16.0. The van der Waals surface area contributed by atoms with Crippen molar-refractivity contribution in [2.24, 2.45) is 0 Å². The molecule has 7 heteroatoms. The molecule has 3 atom stereocenters. The highest BCUT2D eigenvalue weighted by Crippen LogP contribution is 2.30. The number of unbranched alkanes of at least 4 members (excludes halogenated alkanes) is 3. The lowest BCUT2D eigenvalue weighted by Crippen LogP contribution is -2.54. The van der Waals surface area contributed by atoms with Crippen molar-refractivity contribution in [2.75, 3.05) is 6.54 Å². The van der Waals surface area contributed by atoms with Crippen LogP contribution in [-0.4, -0.2) is 53.2 Å². The zero-order chi connectivity index (χ0) is 19.3. The lowest BCUT2D eigenvalue weighted by atomic mass is 10.1. The number of nitrogens with one attached hydrogen (secondary N) is 1. The maximum atomic E-state index is 12.9. The number of esters is 1. The summed E-state index contributed by atoms with van der Waals surface area (Å²) in [4.78, 5) is 38.4. The van der Waals surface area contributed by atoms with Gasteiger partial charge in [-0.25, -0.2) is 9.59 Å². The molecule has 146 valence electrons. The number of likely N-dealkylation sites (tertiary alicyclic amines) is 1. The number of ether oxygens (including phenoxy) is 2. The van der Waals surface area contributed by atoms with E-state index < -0.39 is 23.8 Å². The summed E-state index contributed by atoms with van der Waals surface area (Å²) in [5.74, 6) is -0.583. The van der Waals surface area contributed by atoms with Crippen LogP contribution < -0.4 is 5.32 Å². The van der Waals surface area contributed by atoms with E-state index in [4.69, 9.17) is 9.47 Å². The van der Waals surface area contributed by atoms with Gasteiger partial charge in [0, 0.05) is 6.42 Å². The van der Waals surface area contributed by atoms with Gasteiger partial charge in [-0.2, -0.15) is 0 Å². The molecule has 0 aromatic heterocycles. The van der Waals surface area contributed by atoms with Gasteiger partial charge in [0.2, 0.25) is 5.91 Å². The van der Waals surface area contributed by atoms with E-state index in [1.165, 1.54) is 0 Å². The number of fused-ring (bicyclic) bond motifs is 2. The maximum Gasteiger partial charge on any atom is 0.408 e. The van der Waals surface area contributed by atoms with Crippen molar-refractivity contribution in [1.29, 1.82) is 0 Å². The van der Waals surface area contributed by atoms with E-state index in [0.717, 1.165) is 25.7 Å². The van der Waals surface area contributed by atoms with E-state index in [9.17, 15) is 14.4 Å². The first-order valence-electron chi connectivity index (χ1n) is 9.32. The molecule has 0 aliphatic carbocycles. The van der Waals surface area contributed by atoms with E-state index in [2.05, 4.69) is 11.9 Å². The molecule has 2 bridgehead atoms. The minimum Gasteiger partial charge on any atom is -0.459 e.